The van der Waals surface area contributed by atoms with E-state index >= 15 is 0 Å². The Morgan fingerprint density at radius 1 is 1.00 bits per heavy atom. The number of hydrogen-bond donors (Lipinski definition) is 2. The number of fused-ring (bicyclic) bond motifs is 3. The molecule has 0 aliphatic carbocycles. The lowest BCUT2D eigenvalue weighted by Crippen LogP contribution is -2.47. The smallest absolute Gasteiger partial charge is 0.250 e. The third kappa shape index (κ3) is 3.51. The van der Waals surface area contributed by atoms with E-state index in [2.05, 4.69) is 49.8 Å². The normalized spacial score (nSPS) is 22.1. The van der Waals surface area contributed by atoms with Crippen molar-refractivity contribution in [2.45, 2.75) is 43.8 Å². The minimum atomic E-state index is -0.0312. The first-order valence-electron chi connectivity index (χ1n) is 11.5. The van der Waals surface area contributed by atoms with Gasteiger partial charge >= 0.3 is 0 Å². The van der Waals surface area contributed by atoms with Crippen molar-refractivity contribution < 1.29 is 0 Å². The first-order valence-corrected chi connectivity index (χ1v) is 11.5. The Hall–Kier alpha value is -3.52. The number of H-pyrrole nitrogens is 1. The second-order valence-corrected chi connectivity index (χ2v) is 9.34. The SMILES string of the molecule is CN(c1ccc(-c2ccc(-c3ccc(=O)n(C)c3)c3cn[nH]c23)nn1)C1C[C@H]2CC[C@@H](C1)N2. The molecule has 8 nitrogen and oxygen atoms in total. The fraction of sp³-hybridized carbons (Fsp3) is 0.360. The highest BCUT2D eigenvalue weighted by molar-refractivity contribution is 6.01. The van der Waals surface area contributed by atoms with E-state index in [-0.39, 0.29) is 5.56 Å². The van der Waals surface area contributed by atoms with E-state index in [0.29, 0.717) is 18.1 Å². The zero-order valence-corrected chi connectivity index (χ0v) is 18.8. The van der Waals surface area contributed by atoms with Crippen LogP contribution in [0.15, 0.2) is 53.6 Å². The molecule has 0 radical (unpaired) electrons. The highest BCUT2D eigenvalue weighted by Crippen LogP contribution is 2.34. The van der Waals surface area contributed by atoms with E-state index in [9.17, 15) is 4.79 Å². The molecule has 0 saturated carbocycles. The molecule has 2 aliphatic rings. The van der Waals surface area contributed by atoms with Crippen LogP contribution in [-0.4, -0.2) is 50.1 Å². The molecule has 8 heteroatoms. The Balaban J connectivity index is 1.31. The maximum Gasteiger partial charge on any atom is 0.250 e. The molecule has 2 saturated heterocycles. The minimum Gasteiger partial charge on any atom is -0.355 e. The molecule has 168 valence electrons. The van der Waals surface area contributed by atoms with Gasteiger partial charge in [0, 0.05) is 55.4 Å². The summed E-state index contributed by atoms with van der Waals surface area (Å²) in [5.41, 5.74) is 4.62. The fourth-order valence-corrected chi connectivity index (χ4v) is 5.44. The van der Waals surface area contributed by atoms with E-state index in [1.54, 1.807) is 17.7 Å². The van der Waals surface area contributed by atoms with Crippen LogP contribution in [0.2, 0.25) is 0 Å². The third-order valence-electron chi connectivity index (χ3n) is 7.30. The molecule has 0 amide bonds. The number of anilines is 1. The molecular formula is C25H27N7O. The Labute approximate surface area is 191 Å². The lowest BCUT2D eigenvalue weighted by atomic mass is 9.98. The molecule has 0 spiro atoms. The summed E-state index contributed by atoms with van der Waals surface area (Å²) in [4.78, 5) is 14.1. The first-order chi connectivity index (χ1) is 16.1. The van der Waals surface area contributed by atoms with Crippen LogP contribution in [0.4, 0.5) is 5.82 Å². The zero-order chi connectivity index (χ0) is 22.5. The fourth-order valence-electron chi connectivity index (χ4n) is 5.44. The third-order valence-corrected chi connectivity index (χ3v) is 7.30. The van der Waals surface area contributed by atoms with Crippen LogP contribution < -0.4 is 15.8 Å². The molecule has 3 atom stereocenters. The number of aryl methyl sites for hydroxylation is 1. The summed E-state index contributed by atoms with van der Waals surface area (Å²) >= 11 is 0. The van der Waals surface area contributed by atoms with Crippen molar-refractivity contribution in [2.75, 3.05) is 11.9 Å². The van der Waals surface area contributed by atoms with Crippen molar-refractivity contribution in [3.8, 4) is 22.4 Å². The molecule has 2 aliphatic heterocycles. The molecular weight excluding hydrogens is 414 g/mol. The van der Waals surface area contributed by atoms with E-state index in [0.717, 1.165) is 51.9 Å². The Morgan fingerprint density at radius 2 is 1.79 bits per heavy atom. The largest absolute Gasteiger partial charge is 0.355 e. The molecule has 1 unspecified atom stereocenters. The lowest BCUT2D eigenvalue weighted by molar-refractivity contribution is 0.353. The number of aromatic amines is 1. The molecule has 6 rings (SSSR count). The van der Waals surface area contributed by atoms with Crippen molar-refractivity contribution in [1.29, 1.82) is 0 Å². The van der Waals surface area contributed by atoms with Crippen molar-refractivity contribution in [3.05, 3.63) is 59.1 Å². The van der Waals surface area contributed by atoms with Gasteiger partial charge in [-0.2, -0.15) is 5.10 Å². The summed E-state index contributed by atoms with van der Waals surface area (Å²) in [6.07, 6.45) is 8.57. The number of nitrogens with one attached hydrogen (secondary N) is 2. The summed E-state index contributed by atoms with van der Waals surface area (Å²) in [5, 5.41) is 21.3. The average Bonchev–Trinajstić information content (AvgIpc) is 3.46. The van der Waals surface area contributed by atoms with Crippen molar-refractivity contribution in [3.63, 3.8) is 0 Å². The maximum atomic E-state index is 11.8. The Morgan fingerprint density at radius 3 is 2.52 bits per heavy atom. The quantitative estimate of drug-likeness (QED) is 0.506. The maximum absolute atomic E-state index is 11.8. The van der Waals surface area contributed by atoms with Gasteiger partial charge in [0.05, 0.1) is 17.4 Å². The summed E-state index contributed by atoms with van der Waals surface area (Å²) in [5.74, 6) is 0.910. The zero-order valence-electron chi connectivity index (χ0n) is 18.8. The molecule has 2 fully saturated rings. The van der Waals surface area contributed by atoms with Gasteiger partial charge in [-0.05, 0) is 61.1 Å². The van der Waals surface area contributed by atoms with E-state index in [1.807, 2.05) is 30.6 Å². The lowest BCUT2D eigenvalue weighted by Gasteiger charge is -2.36. The van der Waals surface area contributed by atoms with Crippen molar-refractivity contribution >= 4 is 16.7 Å². The number of pyridine rings is 1. The molecule has 4 aromatic rings. The van der Waals surface area contributed by atoms with Crippen LogP contribution in [0.5, 0.6) is 0 Å². The molecule has 33 heavy (non-hydrogen) atoms. The van der Waals surface area contributed by atoms with Gasteiger partial charge < -0.3 is 14.8 Å². The predicted octanol–water partition coefficient (Wildman–Crippen LogP) is 3.10. The highest BCUT2D eigenvalue weighted by atomic mass is 16.1. The minimum absolute atomic E-state index is 0.0312. The van der Waals surface area contributed by atoms with Crippen LogP contribution in [-0.2, 0) is 7.05 Å². The summed E-state index contributed by atoms with van der Waals surface area (Å²) in [6, 6.07) is 13.4. The second-order valence-electron chi connectivity index (χ2n) is 9.34. The number of hydrogen-bond acceptors (Lipinski definition) is 6. The first kappa shape index (κ1) is 20.1. The molecule has 1 aromatic carbocycles. The topological polar surface area (TPSA) is 91.7 Å². The number of benzene rings is 1. The predicted molar refractivity (Wildman–Crippen MR) is 129 cm³/mol. The number of aromatic nitrogens is 5. The van der Waals surface area contributed by atoms with Crippen LogP contribution in [0.25, 0.3) is 33.3 Å². The van der Waals surface area contributed by atoms with Gasteiger partial charge in [0.25, 0.3) is 0 Å². The average molecular weight is 442 g/mol. The van der Waals surface area contributed by atoms with Crippen molar-refractivity contribution in [2.24, 2.45) is 7.05 Å². The van der Waals surface area contributed by atoms with Gasteiger partial charge in [0.2, 0.25) is 5.56 Å². The van der Waals surface area contributed by atoms with E-state index in [1.165, 1.54) is 12.8 Å². The standard InChI is InChI=1S/C25H27N7O/c1-31-14-15(3-10-24(31)33)19-6-7-20(25-21(19)13-26-30-25)22-8-9-23(29-28-22)32(2)18-11-16-4-5-17(12-18)27-16/h3,6-10,13-14,16-18,27H,4-5,11-12H2,1-2H3,(H,26,30)/t16-,17+,18?. The van der Waals surface area contributed by atoms with Crippen LogP contribution in [0.1, 0.15) is 25.7 Å². The number of rotatable bonds is 4. The van der Waals surface area contributed by atoms with E-state index in [4.69, 9.17) is 0 Å². The van der Waals surface area contributed by atoms with Gasteiger partial charge in [0.15, 0.2) is 5.82 Å². The molecule has 2 N–H and O–H groups in total. The molecule has 5 heterocycles. The van der Waals surface area contributed by atoms with E-state index < -0.39 is 0 Å². The summed E-state index contributed by atoms with van der Waals surface area (Å²) < 4.78 is 1.59. The van der Waals surface area contributed by atoms with Gasteiger partial charge in [0.1, 0.15) is 0 Å². The number of nitrogens with zero attached hydrogens (tertiary/aromatic N) is 5. The Kier molecular flexibility index (Phi) is 4.76. The number of piperidine rings is 1. The monoisotopic (exact) mass is 441 g/mol. The van der Waals surface area contributed by atoms with Gasteiger partial charge in [-0.25, -0.2) is 0 Å². The molecule has 2 bridgehead atoms. The van der Waals surface area contributed by atoms with Crippen LogP contribution in [0, 0.1) is 0 Å². The van der Waals surface area contributed by atoms with Gasteiger partial charge in [-0.1, -0.05) is 6.07 Å². The van der Waals surface area contributed by atoms with Crippen LogP contribution in [0.3, 0.4) is 0 Å². The van der Waals surface area contributed by atoms with Crippen molar-refractivity contribution in [1.82, 2.24) is 30.3 Å². The van der Waals surface area contributed by atoms with Gasteiger partial charge in [-0.15, -0.1) is 10.2 Å². The summed E-state index contributed by atoms with van der Waals surface area (Å²) in [6.45, 7) is 0. The van der Waals surface area contributed by atoms with Crippen LogP contribution >= 0.6 is 0 Å². The molecule has 3 aromatic heterocycles. The summed E-state index contributed by atoms with van der Waals surface area (Å²) in [7, 11) is 3.89. The second kappa shape index (κ2) is 7.81. The highest BCUT2D eigenvalue weighted by Gasteiger charge is 2.35. The van der Waals surface area contributed by atoms with Gasteiger partial charge in [-0.3, -0.25) is 9.89 Å². The Bertz CT molecular complexity index is 1360.